The average Bonchev–Trinajstić information content (AvgIpc) is 2.65. The molecule has 0 aliphatic carbocycles. The van der Waals surface area contributed by atoms with E-state index in [1.165, 1.54) is 24.4 Å². The second-order valence-electron chi connectivity index (χ2n) is 6.54. The number of hydrogen-bond acceptors (Lipinski definition) is 11. The third-order valence-corrected chi connectivity index (χ3v) is 3.95. The molecule has 1 aliphatic heterocycles. The van der Waals surface area contributed by atoms with Crippen molar-refractivity contribution in [1.29, 1.82) is 0 Å². The summed E-state index contributed by atoms with van der Waals surface area (Å²) in [6.07, 6.45) is -5.49. The van der Waals surface area contributed by atoms with Crippen LogP contribution in [0.4, 0.5) is 0 Å². The highest BCUT2D eigenvalue weighted by Gasteiger charge is 2.53. The normalized spacial score (nSPS) is 25.1. The molecule has 5 atom stereocenters. The highest BCUT2D eigenvalue weighted by molar-refractivity contribution is 5.68. The molecule has 2 rings (SSSR count). The topological polar surface area (TPSA) is 146 Å². The molecule has 12 nitrogen and oxygen atoms in total. The van der Waals surface area contributed by atoms with Crippen molar-refractivity contribution >= 4 is 23.9 Å². The minimum Gasteiger partial charge on any atom is -0.463 e. The van der Waals surface area contributed by atoms with Crippen LogP contribution < -0.4 is 10.4 Å². The van der Waals surface area contributed by atoms with Gasteiger partial charge < -0.3 is 28.5 Å². The van der Waals surface area contributed by atoms with Crippen molar-refractivity contribution in [3.05, 3.63) is 34.7 Å². The number of hydrogen-bond donors (Lipinski definition) is 0. The smallest absolute Gasteiger partial charge is 0.303 e. The standard InChI is InChI=1S/C19H23NO11/c1-10(21)26-9-14-16(27-11(2)22)17(28-12(3)23)18(29-13(4)24)19(30-14)31-20-8-6-5-7-15(20)25/h5-8,14,16-19H,9H2,1-4H3/t14-,16+,17+,18-,19+/m1/s1. The molecule has 1 saturated heterocycles. The van der Waals surface area contributed by atoms with Gasteiger partial charge >= 0.3 is 23.9 Å². The Labute approximate surface area is 176 Å². The van der Waals surface area contributed by atoms with E-state index in [4.69, 9.17) is 28.5 Å². The molecule has 0 saturated carbocycles. The van der Waals surface area contributed by atoms with Crippen LogP contribution in [0.3, 0.4) is 0 Å². The van der Waals surface area contributed by atoms with Gasteiger partial charge in [0.25, 0.3) is 11.8 Å². The van der Waals surface area contributed by atoms with Gasteiger partial charge in [-0.05, 0) is 6.07 Å². The van der Waals surface area contributed by atoms with Crippen LogP contribution >= 0.6 is 0 Å². The summed E-state index contributed by atoms with van der Waals surface area (Å²) in [5.41, 5.74) is -0.560. The molecule has 0 unspecified atom stereocenters. The first-order chi connectivity index (χ1) is 14.6. The predicted octanol–water partition coefficient (Wildman–Crippen LogP) is -0.640. The Hall–Kier alpha value is -3.41. The van der Waals surface area contributed by atoms with E-state index >= 15 is 0 Å². The van der Waals surface area contributed by atoms with Crippen molar-refractivity contribution in [3.8, 4) is 0 Å². The van der Waals surface area contributed by atoms with Crippen molar-refractivity contribution in [2.75, 3.05) is 6.61 Å². The quantitative estimate of drug-likeness (QED) is 0.393. The van der Waals surface area contributed by atoms with Gasteiger partial charge in [-0.15, -0.1) is 4.73 Å². The zero-order valence-corrected chi connectivity index (χ0v) is 17.3. The first-order valence-corrected chi connectivity index (χ1v) is 9.23. The molecule has 1 aliphatic rings. The van der Waals surface area contributed by atoms with Crippen LogP contribution in [0.15, 0.2) is 29.2 Å². The third-order valence-electron chi connectivity index (χ3n) is 3.95. The van der Waals surface area contributed by atoms with Crippen LogP contribution in [0.2, 0.25) is 0 Å². The number of nitrogens with zero attached hydrogens (tertiary/aromatic N) is 1. The van der Waals surface area contributed by atoms with Gasteiger partial charge in [0.15, 0.2) is 12.2 Å². The van der Waals surface area contributed by atoms with Crippen molar-refractivity contribution < 1.29 is 47.7 Å². The second-order valence-corrected chi connectivity index (χ2v) is 6.54. The van der Waals surface area contributed by atoms with Crippen LogP contribution in [0.1, 0.15) is 27.7 Å². The van der Waals surface area contributed by atoms with Crippen LogP contribution in [-0.4, -0.2) is 65.9 Å². The van der Waals surface area contributed by atoms with E-state index in [-0.39, 0.29) is 0 Å². The molecule has 31 heavy (non-hydrogen) atoms. The average molecular weight is 441 g/mol. The molecular formula is C19H23NO11. The van der Waals surface area contributed by atoms with Crippen molar-refractivity contribution in [2.45, 2.75) is 58.4 Å². The summed E-state index contributed by atoms with van der Waals surface area (Å²) in [4.78, 5) is 64.0. The third kappa shape index (κ3) is 6.81. The molecule has 0 spiro atoms. The molecule has 1 fully saturated rings. The van der Waals surface area contributed by atoms with E-state index in [0.717, 1.165) is 32.4 Å². The summed E-state index contributed by atoms with van der Waals surface area (Å²) in [5.74, 6) is -2.95. The summed E-state index contributed by atoms with van der Waals surface area (Å²) in [5, 5.41) is 0. The minimum atomic E-state index is -1.49. The molecule has 170 valence electrons. The largest absolute Gasteiger partial charge is 0.463 e. The molecule has 2 heterocycles. The summed E-state index contributed by atoms with van der Waals surface area (Å²) < 4.78 is 27.3. The molecular weight excluding hydrogens is 418 g/mol. The molecule has 0 bridgehead atoms. The van der Waals surface area contributed by atoms with Gasteiger partial charge in [0.2, 0.25) is 6.10 Å². The number of aromatic nitrogens is 1. The van der Waals surface area contributed by atoms with Crippen LogP contribution in [0.5, 0.6) is 0 Å². The summed E-state index contributed by atoms with van der Waals surface area (Å²) in [6.45, 7) is 4.07. The van der Waals surface area contributed by atoms with Crippen molar-refractivity contribution in [2.24, 2.45) is 0 Å². The van der Waals surface area contributed by atoms with Crippen LogP contribution in [0, 0.1) is 0 Å². The lowest BCUT2D eigenvalue weighted by Crippen LogP contribution is -2.64. The Kier molecular flexibility index (Phi) is 8.14. The van der Waals surface area contributed by atoms with Crippen molar-refractivity contribution in [1.82, 2.24) is 4.73 Å². The first-order valence-electron chi connectivity index (χ1n) is 9.23. The van der Waals surface area contributed by atoms with E-state index in [1.807, 2.05) is 0 Å². The fourth-order valence-electron chi connectivity index (χ4n) is 2.89. The van der Waals surface area contributed by atoms with E-state index in [0.29, 0.717) is 0 Å². The lowest BCUT2D eigenvalue weighted by molar-refractivity contribution is -0.308. The Morgan fingerprint density at radius 2 is 1.45 bits per heavy atom. The molecule has 0 aromatic carbocycles. The van der Waals surface area contributed by atoms with Crippen molar-refractivity contribution in [3.63, 3.8) is 0 Å². The second kappa shape index (κ2) is 10.6. The van der Waals surface area contributed by atoms with Gasteiger partial charge in [0.1, 0.15) is 12.7 Å². The maximum atomic E-state index is 12.0. The number of esters is 4. The summed E-state index contributed by atoms with van der Waals surface area (Å²) >= 11 is 0. The molecule has 12 heteroatoms. The monoisotopic (exact) mass is 441 g/mol. The fourth-order valence-corrected chi connectivity index (χ4v) is 2.89. The Bertz CT molecular complexity index is 880. The van der Waals surface area contributed by atoms with E-state index in [1.54, 1.807) is 0 Å². The van der Waals surface area contributed by atoms with Gasteiger partial charge in [-0.3, -0.25) is 24.0 Å². The Balaban J connectivity index is 2.47. The summed E-state index contributed by atoms with van der Waals surface area (Å²) in [7, 11) is 0. The number of carbonyl (C=O) groups excluding carboxylic acids is 4. The lowest BCUT2D eigenvalue weighted by atomic mass is 9.98. The zero-order valence-electron chi connectivity index (χ0n) is 17.3. The number of carbonyl (C=O) groups is 4. The number of rotatable bonds is 7. The molecule has 1 aromatic rings. The van der Waals surface area contributed by atoms with Gasteiger partial charge in [-0.25, -0.2) is 0 Å². The van der Waals surface area contributed by atoms with E-state index in [9.17, 15) is 24.0 Å². The molecule has 0 radical (unpaired) electrons. The number of ether oxygens (including phenoxy) is 5. The first kappa shape index (κ1) is 23.9. The SMILES string of the molecule is CC(=O)OC[C@H]1O[C@@H](On2ccccc2=O)[C@H](OC(C)=O)[C@@H](OC(C)=O)[C@H]1OC(C)=O. The highest BCUT2D eigenvalue weighted by Crippen LogP contribution is 2.29. The van der Waals surface area contributed by atoms with E-state index in [2.05, 4.69) is 0 Å². The molecule has 0 amide bonds. The van der Waals surface area contributed by atoms with Crippen LogP contribution in [0.25, 0.3) is 0 Å². The summed E-state index contributed by atoms with van der Waals surface area (Å²) in [6, 6.07) is 4.20. The maximum Gasteiger partial charge on any atom is 0.303 e. The Morgan fingerprint density at radius 1 is 0.871 bits per heavy atom. The molecule has 0 N–H and O–H groups in total. The number of pyridine rings is 1. The van der Waals surface area contributed by atoms with Gasteiger partial charge in [0.05, 0.1) is 0 Å². The van der Waals surface area contributed by atoms with Crippen LogP contribution in [-0.2, 0) is 42.9 Å². The fraction of sp³-hybridized carbons (Fsp3) is 0.526. The zero-order chi connectivity index (χ0) is 23.1. The lowest BCUT2D eigenvalue weighted by Gasteiger charge is -2.43. The molecule has 1 aromatic heterocycles. The maximum absolute atomic E-state index is 12.0. The van der Waals surface area contributed by atoms with Gasteiger partial charge in [0, 0.05) is 40.0 Å². The van der Waals surface area contributed by atoms with Gasteiger partial charge in [-0.2, -0.15) is 0 Å². The van der Waals surface area contributed by atoms with Gasteiger partial charge in [-0.1, -0.05) is 6.07 Å². The minimum absolute atomic E-state index is 0.401. The highest BCUT2D eigenvalue weighted by atomic mass is 16.8. The predicted molar refractivity (Wildman–Crippen MR) is 99.2 cm³/mol. The van der Waals surface area contributed by atoms with E-state index < -0.39 is 66.7 Å². The Morgan fingerprint density at radius 3 is 2.00 bits per heavy atom.